The summed E-state index contributed by atoms with van der Waals surface area (Å²) in [6.45, 7) is 1.40. The topological polar surface area (TPSA) is 36.9 Å². The number of benzene rings is 5. The van der Waals surface area contributed by atoms with Crippen molar-refractivity contribution in [3.63, 3.8) is 0 Å². The lowest BCUT2D eigenvalue weighted by Crippen LogP contribution is -2.43. The zero-order valence-electron chi connectivity index (χ0n) is 24.3. The van der Waals surface area contributed by atoms with Gasteiger partial charge in [0, 0.05) is 12.8 Å². The summed E-state index contributed by atoms with van der Waals surface area (Å²) in [7, 11) is 0. The van der Waals surface area contributed by atoms with Crippen molar-refractivity contribution in [1.82, 2.24) is 0 Å². The molecule has 1 fully saturated rings. The van der Waals surface area contributed by atoms with Crippen molar-refractivity contribution < 1.29 is 18.9 Å². The minimum absolute atomic E-state index is 0.0251. The van der Waals surface area contributed by atoms with Crippen LogP contribution in [0.15, 0.2) is 152 Å². The number of ether oxygens (including phenoxy) is 4. The fourth-order valence-electron chi connectivity index (χ4n) is 5.82. The molecule has 0 aromatic heterocycles. The van der Waals surface area contributed by atoms with Gasteiger partial charge in [0.25, 0.3) is 0 Å². The van der Waals surface area contributed by atoms with Gasteiger partial charge in [0.1, 0.15) is 5.60 Å². The van der Waals surface area contributed by atoms with Crippen molar-refractivity contribution in [1.29, 1.82) is 0 Å². The summed E-state index contributed by atoms with van der Waals surface area (Å²) in [6.07, 6.45) is 0.737. The van der Waals surface area contributed by atoms with Crippen LogP contribution in [0.1, 0.15) is 40.7 Å². The Balaban J connectivity index is 1.26. The molecule has 0 N–H and O–H groups in total. The third-order valence-corrected chi connectivity index (χ3v) is 7.96. The first-order valence-corrected chi connectivity index (χ1v) is 15.1. The molecule has 0 spiro atoms. The van der Waals surface area contributed by atoms with E-state index < -0.39 is 11.9 Å². The Hall–Kier alpha value is -4.06. The number of rotatable bonds is 12. The van der Waals surface area contributed by atoms with E-state index in [-0.39, 0.29) is 12.2 Å². The molecule has 4 heteroatoms. The Morgan fingerprint density at radius 2 is 0.930 bits per heavy atom. The van der Waals surface area contributed by atoms with Gasteiger partial charge in [-0.1, -0.05) is 152 Å². The largest absolute Gasteiger partial charge is 0.373 e. The van der Waals surface area contributed by atoms with Gasteiger partial charge in [-0.15, -0.1) is 0 Å². The molecular weight excluding hydrogens is 532 g/mol. The maximum atomic E-state index is 7.11. The number of hydrogen-bond donors (Lipinski definition) is 0. The van der Waals surface area contributed by atoms with Gasteiger partial charge < -0.3 is 18.9 Å². The van der Waals surface area contributed by atoms with Gasteiger partial charge in [0.05, 0.1) is 32.0 Å². The highest BCUT2D eigenvalue weighted by molar-refractivity contribution is 5.47. The van der Waals surface area contributed by atoms with Crippen molar-refractivity contribution in [2.24, 2.45) is 0 Å². The van der Waals surface area contributed by atoms with Gasteiger partial charge in [0.2, 0.25) is 0 Å². The Morgan fingerprint density at radius 3 is 1.40 bits per heavy atom. The standard InChI is InChI=1S/C39H38O4/c1-6-16-31(17-7-1)28-40-36-26-37(43-38(27-36)41-29-32-18-8-2-9-19-32)30-42-39(33-20-10-3-11-21-33,34-22-12-4-13-23-34)35-24-14-5-15-25-35/h1-25,36-38H,26-30H2/t36-,37-,38?/m0/s1. The Bertz CT molecular complexity index is 1350. The van der Waals surface area contributed by atoms with Gasteiger partial charge in [-0.2, -0.15) is 0 Å². The average molecular weight is 571 g/mol. The minimum atomic E-state index is -0.814. The predicted octanol–water partition coefficient (Wildman–Crippen LogP) is 8.30. The van der Waals surface area contributed by atoms with Crippen molar-refractivity contribution in [3.05, 3.63) is 179 Å². The van der Waals surface area contributed by atoms with Crippen LogP contribution < -0.4 is 0 Å². The van der Waals surface area contributed by atoms with Crippen LogP contribution >= 0.6 is 0 Å². The summed E-state index contributed by atoms with van der Waals surface area (Å²) in [5.74, 6) is 0. The van der Waals surface area contributed by atoms with E-state index in [1.807, 2.05) is 54.6 Å². The van der Waals surface area contributed by atoms with Crippen LogP contribution in [0, 0.1) is 0 Å². The molecule has 1 heterocycles. The van der Waals surface area contributed by atoms with Crippen LogP contribution in [0.5, 0.6) is 0 Å². The first-order chi connectivity index (χ1) is 21.3. The summed E-state index contributed by atoms with van der Waals surface area (Å²) in [5.41, 5.74) is 4.65. The Labute approximate surface area is 254 Å². The molecule has 5 aromatic rings. The summed E-state index contributed by atoms with van der Waals surface area (Å²) in [5, 5.41) is 0. The zero-order valence-corrected chi connectivity index (χ0v) is 24.3. The molecule has 1 saturated heterocycles. The number of hydrogen-bond acceptors (Lipinski definition) is 4. The molecule has 0 saturated carbocycles. The van der Waals surface area contributed by atoms with Crippen LogP contribution in [-0.4, -0.2) is 25.1 Å². The molecule has 43 heavy (non-hydrogen) atoms. The second-order valence-electron chi connectivity index (χ2n) is 11.0. The molecule has 6 rings (SSSR count). The fourth-order valence-corrected chi connectivity index (χ4v) is 5.82. The van der Waals surface area contributed by atoms with Crippen LogP contribution in [0.3, 0.4) is 0 Å². The molecule has 1 unspecified atom stereocenters. The quantitative estimate of drug-likeness (QED) is 0.141. The van der Waals surface area contributed by atoms with Crippen molar-refractivity contribution in [2.75, 3.05) is 6.61 Å². The molecule has 218 valence electrons. The lowest BCUT2D eigenvalue weighted by atomic mass is 9.80. The van der Waals surface area contributed by atoms with Gasteiger partial charge in [-0.3, -0.25) is 0 Å². The molecule has 0 aliphatic carbocycles. The van der Waals surface area contributed by atoms with E-state index in [4.69, 9.17) is 18.9 Å². The third-order valence-electron chi connectivity index (χ3n) is 7.96. The van der Waals surface area contributed by atoms with E-state index in [1.165, 1.54) is 0 Å². The highest BCUT2D eigenvalue weighted by Gasteiger charge is 2.40. The van der Waals surface area contributed by atoms with E-state index in [9.17, 15) is 0 Å². The van der Waals surface area contributed by atoms with Crippen LogP contribution in [0.4, 0.5) is 0 Å². The normalized spacial score (nSPS) is 18.7. The van der Waals surface area contributed by atoms with Gasteiger partial charge in [-0.05, 0) is 27.8 Å². The summed E-state index contributed by atoms with van der Waals surface area (Å²) < 4.78 is 26.4. The van der Waals surface area contributed by atoms with Crippen molar-refractivity contribution in [3.8, 4) is 0 Å². The Kier molecular flexibility index (Phi) is 9.73. The van der Waals surface area contributed by atoms with Crippen LogP contribution in [0.2, 0.25) is 0 Å². The maximum absolute atomic E-state index is 7.11. The molecule has 3 atom stereocenters. The van der Waals surface area contributed by atoms with Crippen LogP contribution in [0.25, 0.3) is 0 Å². The minimum Gasteiger partial charge on any atom is -0.373 e. The molecule has 4 nitrogen and oxygen atoms in total. The monoisotopic (exact) mass is 570 g/mol. The molecule has 0 amide bonds. The molecule has 1 aliphatic rings. The SMILES string of the molecule is c1ccc(COC2C[C@@H](OCc3ccccc3)C[C@@H](COC(c3ccccc3)(c3ccccc3)c3ccccc3)O2)cc1. The van der Waals surface area contributed by atoms with Crippen molar-refractivity contribution >= 4 is 0 Å². The van der Waals surface area contributed by atoms with Gasteiger partial charge in [-0.25, -0.2) is 0 Å². The third kappa shape index (κ3) is 7.30. The summed E-state index contributed by atoms with van der Waals surface area (Å²) >= 11 is 0. The summed E-state index contributed by atoms with van der Waals surface area (Å²) in [4.78, 5) is 0. The molecular formula is C39H38O4. The molecule has 5 aromatic carbocycles. The van der Waals surface area contributed by atoms with E-state index >= 15 is 0 Å². The van der Waals surface area contributed by atoms with E-state index in [2.05, 4.69) is 97.1 Å². The van der Waals surface area contributed by atoms with Crippen LogP contribution in [-0.2, 0) is 37.8 Å². The predicted molar refractivity (Wildman–Crippen MR) is 169 cm³/mol. The Morgan fingerprint density at radius 1 is 0.512 bits per heavy atom. The first-order valence-electron chi connectivity index (χ1n) is 15.1. The van der Waals surface area contributed by atoms with Gasteiger partial charge >= 0.3 is 0 Å². The van der Waals surface area contributed by atoms with E-state index in [1.54, 1.807) is 0 Å². The molecule has 0 bridgehead atoms. The summed E-state index contributed by atoms with van der Waals surface area (Å²) in [6, 6.07) is 51.9. The second-order valence-corrected chi connectivity index (χ2v) is 11.0. The highest BCUT2D eigenvalue weighted by Crippen LogP contribution is 2.41. The molecule has 0 radical (unpaired) electrons. The van der Waals surface area contributed by atoms with Gasteiger partial charge in [0.15, 0.2) is 6.29 Å². The van der Waals surface area contributed by atoms with E-state index in [0.717, 1.165) is 27.8 Å². The van der Waals surface area contributed by atoms with E-state index in [0.29, 0.717) is 32.7 Å². The maximum Gasteiger partial charge on any atom is 0.160 e. The zero-order chi connectivity index (χ0) is 29.2. The highest BCUT2D eigenvalue weighted by atomic mass is 16.7. The smallest absolute Gasteiger partial charge is 0.160 e. The lowest BCUT2D eigenvalue weighted by molar-refractivity contribution is -0.240. The average Bonchev–Trinajstić information content (AvgIpc) is 3.09. The fraction of sp³-hybridized carbons (Fsp3) is 0.231. The molecule has 1 aliphatic heterocycles. The second kappa shape index (κ2) is 14.4. The van der Waals surface area contributed by atoms with Crippen molar-refractivity contribution in [2.45, 2.75) is 50.2 Å². The lowest BCUT2D eigenvalue weighted by Gasteiger charge is -2.40. The first kappa shape index (κ1) is 29.0.